The van der Waals surface area contributed by atoms with Gasteiger partial charge < -0.3 is 18.9 Å². The van der Waals surface area contributed by atoms with Crippen LogP contribution in [-0.2, 0) is 21.8 Å². The maximum atomic E-state index is 15.2. The van der Waals surface area contributed by atoms with Gasteiger partial charge in [0.2, 0.25) is 0 Å². The number of rotatable bonds is 10. The van der Waals surface area contributed by atoms with Crippen molar-refractivity contribution >= 4 is 0 Å². The Morgan fingerprint density at radius 1 is 0.758 bits per heavy atom. The smallest absolute Gasteiger partial charge is 0.276 e. The lowest BCUT2D eigenvalue weighted by molar-refractivity contribution is -0.00159. The summed E-state index contributed by atoms with van der Waals surface area (Å²) in [7, 11) is 3.16. The van der Waals surface area contributed by atoms with Crippen LogP contribution in [0, 0.1) is 0 Å². The van der Waals surface area contributed by atoms with E-state index in [4.69, 9.17) is 18.9 Å². The summed E-state index contributed by atoms with van der Waals surface area (Å²) in [4.78, 5) is 0. The number of para-hydroxylation sites is 2. The number of nitrogens with zero attached hydrogens (tertiary/aromatic N) is 2. The van der Waals surface area contributed by atoms with Crippen molar-refractivity contribution in [2.75, 3.05) is 40.6 Å². The van der Waals surface area contributed by atoms with Crippen molar-refractivity contribution in [1.82, 2.24) is 10.2 Å². The van der Waals surface area contributed by atoms with Crippen LogP contribution in [0.3, 0.4) is 0 Å². The first kappa shape index (κ1) is 23.1. The van der Waals surface area contributed by atoms with Crippen LogP contribution in [0.1, 0.15) is 17.5 Å². The van der Waals surface area contributed by atoms with Gasteiger partial charge in [0, 0.05) is 31.8 Å². The molecule has 1 aliphatic carbocycles. The quantitative estimate of drug-likeness (QED) is 0.405. The van der Waals surface area contributed by atoms with Gasteiger partial charge in [-0.3, -0.25) is 0 Å². The molecule has 1 aliphatic rings. The predicted octanol–water partition coefficient (Wildman–Crippen LogP) is 4.90. The molecule has 3 aromatic rings. The monoisotopic (exact) mass is 456 g/mol. The standard InChI is InChI=1S/C25H26F2N2O4/c1-30-13-15-32-20-9-5-3-7-17(20)23-19-11-12-25(26,27)22(19)24(29-28-23)18-8-4-6-10-21(18)33-16-14-31-2/h3-10H,11-16H2,1-2H3. The van der Waals surface area contributed by atoms with Gasteiger partial charge in [-0.05, 0) is 36.2 Å². The third kappa shape index (κ3) is 4.82. The van der Waals surface area contributed by atoms with Crippen LogP contribution in [0.15, 0.2) is 48.5 Å². The van der Waals surface area contributed by atoms with Crippen molar-refractivity contribution in [3.05, 3.63) is 59.7 Å². The van der Waals surface area contributed by atoms with Gasteiger partial charge in [0.25, 0.3) is 5.92 Å². The molecule has 8 heteroatoms. The molecule has 174 valence electrons. The molecule has 0 aliphatic heterocycles. The van der Waals surface area contributed by atoms with Crippen molar-refractivity contribution in [3.63, 3.8) is 0 Å². The Kier molecular flexibility index (Phi) is 7.15. The Hall–Kier alpha value is -3.10. The van der Waals surface area contributed by atoms with E-state index in [1.807, 2.05) is 18.2 Å². The summed E-state index contributed by atoms with van der Waals surface area (Å²) < 4.78 is 52.1. The second-order valence-electron chi connectivity index (χ2n) is 7.63. The second kappa shape index (κ2) is 10.2. The van der Waals surface area contributed by atoms with Gasteiger partial charge in [-0.1, -0.05) is 24.3 Å². The fourth-order valence-electron chi connectivity index (χ4n) is 3.97. The molecule has 0 saturated carbocycles. The summed E-state index contributed by atoms with van der Waals surface area (Å²) in [6.07, 6.45) is -0.103. The van der Waals surface area contributed by atoms with E-state index in [0.717, 1.165) is 0 Å². The van der Waals surface area contributed by atoms with Crippen LogP contribution < -0.4 is 9.47 Å². The molecule has 1 heterocycles. The van der Waals surface area contributed by atoms with Gasteiger partial charge in [0.05, 0.1) is 18.8 Å². The number of alkyl halides is 2. The van der Waals surface area contributed by atoms with E-state index in [0.29, 0.717) is 60.3 Å². The maximum absolute atomic E-state index is 15.2. The molecule has 0 bridgehead atoms. The number of fused-ring (bicyclic) bond motifs is 1. The highest BCUT2D eigenvalue weighted by molar-refractivity contribution is 5.78. The first-order valence-corrected chi connectivity index (χ1v) is 10.8. The van der Waals surface area contributed by atoms with Gasteiger partial charge in [-0.15, -0.1) is 10.2 Å². The highest BCUT2D eigenvalue weighted by Crippen LogP contribution is 2.50. The van der Waals surface area contributed by atoms with Crippen molar-refractivity contribution < 1.29 is 27.7 Å². The van der Waals surface area contributed by atoms with Gasteiger partial charge in [-0.2, -0.15) is 0 Å². The number of ether oxygens (including phenoxy) is 4. The molecule has 2 aromatic carbocycles. The number of hydrogen-bond donors (Lipinski definition) is 0. The van der Waals surface area contributed by atoms with E-state index >= 15 is 8.78 Å². The molecule has 0 unspecified atom stereocenters. The molecular formula is C25H26F2N2O4. The van der Waals surface area contributed by atoms with Crippen molar-refractivity contribution in [1.29, 1.82) is 0 Å². The molecule has 0 N–H and O–H groups in total. The van der Waals surface area contributed by atoms with Crippen molar-refractivity contribution in [2.24, 2.45) is 0 Å². The van der Waals surface area contributed by atoms with Crippen LogP contribution in [0.5, 0.6) is 11.5 Å². The number of halogens is 2. The third-order valence-corrected chi connectivity index (χ3v) is 5.50. The Bertz CT molecular complexity index is 1110. The van der Waals surface area contributed by atoms with Gasteiger partial charge in [0.15, 0.2) is 0 Å². The minimum atomic E-state index is -3.03. The normalized spacial score (nSPS) is 14.2. The summed E-state index contributed by atoms with van der Waals surface area (Å²) in [5.74, 6) is -2.01. The first-order valence-electron chi connectivity index (χ1n) is 10.8. The zero-order chi connectivity index (χ0) is 23.3. The van der Waals surface area contributed by atoms with Gasteiger partial charge >= 0.3 is 0 Å². The highest BCUT2D eigenvalue weighted by Gasteiger charge is 2.44. The lowest BCUT2D eigenvalue weighted by atomic mass is 9.97. The number of benzene rings is 2. The molecule has 33 heavy (non-hydrogen) atoms. The van der Waals surface area contributed by atoms with E-state index in [2.05, 4.69) is 10.2 Å². The fraction of sp³-hybridized carbons (Fsp3) is 0.360. The minimum Gasteiger partial charge on any atom is -0.490 e. The molecule has 4 rings (SSSR count). The summed E-state index contributed by atoms with van der Waals surface area (Å²) >= 11 is 0. The Labute approximate surface area is 191 Å². The molecule has 0 spiro atoms. The molecule has 0 fully saturated rings. The fourth-order valence-corrected chi connectivity index (χ4v) is 3.97. The molecule has 0 saturated heterocycles. The molecule has 6 nitrogen and oxygen atoms in total. The van der Waals surface area contributed by atoms with E-state index in [9.17, 15) is 0 Å². The van der Waals surface area contributed by atoms with Crippen molar-refractivity contribution in [2.45, 2.75) is 18.8 Å². The van der Waals surface area contributed by atoms with Crippen molar-refractivity contribution in [3.8, 4) is 34.0 Å². The number of hydrogen-bond acceptors (Lipinski definition) is 6. The summed E-state index contributed by atoms with van der Waals surface area (Å²) in [6, 6.07) is 14.3. The largest absolute Gasteiger partial charge is 0.490 e. The number of aromatic nitrogens is 2. The summed E-state index contributed by atoms with van der Waals surface area (Å²) in [5.41, 5.74) is 2.06. The van der Waals surface area contributed by atoms with E-state index in [1.54, 1.807) is 44.6 Å². The third-order valence-electron chi connectivity index (χ3n) is 5.50. The molecule has 0 amide bonds. The van der Waals surface area contributed by atoms with E-state index in [1.165, 1.54) is 0 Å². The van der Waals surface area contributed by atoms with Gasteiger partial charge in [-0.25, -0.2) is 8.78 Å². The van der Waals surface area contributed by atoms with Crippen LogP contribution in [-0.4, -0.2) is 50.8 Å². The van der Waals surface area contributed by atoms with Crippen LogP contribution in [0.2, 0.25) is 0 Å². The molecule has 1 aromatic heterocycles. The van der Waals surface area contributed by atoms with E-state index in [-0.39, 0.29) is 24.1 Å². The SMILES string of the molecule is COCCOc1ccccc1-c1nnc(-c2ccccc2OCCOC)c2c1CCC2(F)F. The minimum absolute atomic E-state index is 0.0954. The Morgan fingerprint density at radius 3 is 1.85 bits per heavy atom. The van der Waals surface area contributed by atoms with Crippen LogP contribution in [0.4, 0.5) is 8.78 Å². The Balaban J connectivity index is 1.81. The van der Waals surface area contributed by atoms with Crippen LogP contribution >= 0.6 is 0 Å². The Morgan fingerprint density at radius 2 is 1.27 bits per heavy atom. The maximum Gasteiger partial charge on any atom is 0.276 e. The number of methoxy groups -OCH3 is 2. The highest BCUT2D eigenvalue weighted by atomic mass is 19.3. The first-order chi connectivity index (χ1) is 16.1. The second-order valence-corrected chi connectivity index (χ2v) is 7.63. The molecular weight excluding hydrogens is 430 g/mol. The predicted molar refractivity (Wildman–Crippen MR) is 120 cm³/mol. The summed E-state index contributed by atoms with van der Waals surface area (Å²) in [6.45, 7) is 1.43. The average molecular weight is 456 g/mol. The van der Waals surface area contributed by atoms with Crippen LogP contribution in [0.25, 0.3) is 22.5 Å². The zero-order valence-electron chi connectivity index (χ0n) is 18.6. The topological polar surface area (TPSA) is 62.7 Å². The molecule has 0 radical (unpaired) electrons. The lowest BCUT2D eigenvalue weighted by Gasteiger charge is -2.18. The summed E-state index contributed by atoms with van der Waals surface area (Å²) in [5, 5.41) is 8.71. The molecule has 0 atom stereocenters. The lowest BCUT2D eigenvalue weighted by Crippen LogP contribution is -2.13. The van der Waals surface area contributed by atoms with Gasteiger partial charge in [0.1, 0.15) is 36.1 Å². The van der Waals surface area contributed by atoms with E-state index < -0.39 is 5.92 Å². The zero-order valence-corrected chi connectivity index (χ0v) is 18.6. The average Bonchev–Trinajstić information content (AvgIpc) is 3.15.